The van der Waals surface area contributed by atoms with Crippen molar-refractivity contribution in [1.29, 1.82) is 0 Å². The SMILES string of the molecule is CCCCc1cc(=O)oc2cc(C)cc(O[C@H](C)C(=O)O)c12. The molecule has 1 heterocycles. The van der Waals surface area contributed by atoms with Gasteiger partial charge in [-0.15, -0.1) is 0 Å². The molecule has 0 bridgehead atoms. The van der Waals surface area contributed by atoms with Crippen LogP contribution in [0.15, 0.2) is 27.4 Å². The minimum absolute atomic E-state index is 0.401. The van der Waals surface area contributed by atoms with Crippen molar-refractivity contribution in [2.45, 2.75) is 46.1 Å². The lowest BCUT2D eigenvalue weighted by Gasteiger charge is -2.15. The molecule has 0 aliphatic rings. The van der Waals surface area contributed by atoms with Gasteiger partial charge in [0.1, 0.15) is 11.3 Å². The number of carbonyl (C=O) groups is 1. The van der Waals surface area contributed by atoms with E-state index in [1.54, 1.807) is 12.1 Å². The molecule has 5 nitrogen and oxygen atoms in total. The fourth-order valence-corrected chi connectivity index (χ4v) is 2.37. The molecule has 2 aromatic rings. The number of unbranched alkanes of at least 4 members (excludes halogenated alkanes) is 1. The first-order valence-corrected chi connectivity index (χ1v) is 7.39. The van der Waals surface area contributed by atoms with Gasteiger partial charge in [-0.3, -0.25) is 0 Å². The lowest BCUT2D eigenvalue weighted by atomic mass is 10.0. The molecule has 1 aromatic carbocycles. The normalized spacial score (nSPS) is 12.3. The maximum absolute atomic E-state index is 11.7. The van der Waals surface area contributed by atoms with E-state index < -0.39 is 17.7 Å². The van der Waals surface area contributed by atoms with Crippen LogP contribution in [0.2, 0.25) is 0 Å². The molecule has 0 spiro atoms. The van der Waals surface area contributed by atoms with E-state index in [2.05, 4.69) is 6.92 Å². The molecule has 1 atom stereocenters. The van der Waals surface area contributed by atoms with E-state index in [0.717, 1.165) is 30.4 Å². The van der Waals surface area contributed by atoms with Gasteiger partial charge in [-0.25, -0.2) is 9.59 Å². The smallest absolute Gasteiger partial charge is 0.344 e. The highest BCUT2D eigenvalue weighted by Crippen LogP contribution is 2.31. The molecule has 118 valence electrons. The van der Waals surface area contributed by atoms with E-state index in [-0.39, 0.29) is 0 Å². The molecule has 1 N–H and O–H groups in total. The summed E-state index contributed by atoms with van der Waals surface area (Å²) in [5.41, 5.74) is 1.71. The van der Waals surface area contributed by atoms with Crippen LogP contribution in [0, 0.1) is 6.92 Å². The Balaban J connectivity index is 2.62. The van der Waals surface area contributed by atoms with Gasteiger partial charge in [0.25, 0.3) is 0 Å². The number of hydrogen-bond donors (Lipinski definition) is 1. The van der Waals surface area contributed by atoms with Crippen LogP contribution in [-0.4, -0.2) is 17.2 Å². The lowest BCUT2D eigenvalue weighted by molar-refractivity contribution is -0.144. The Morgan fingerprint density at radius 1 is 1.36 bits per heavy atom. The number of rotatable bonds is 6. The van der Waals surface area contributed by atoms with E-state index in [0.29, 0.717) is 16.7 Å². The van der Waals surface area contributed by atoms with Crippen LogP contribution >= 0.6 is 0 Å². The number of aliphatic carboxylic acids is 1. The number of carboxylic acid groups (broad SMARTS) is 1. The molecule has 0 fully saturated rings. The van der Waals surface area contributed by atoms with Gasteiger partial charge >= 0.3 is 11.6 Å². The number of aryl methyl sites for hydroxylation is 2. The van der Waals surface area contributed by atoms with E-state index >= 15 is 0 Å². The second-order valence-electron chi connectivity index (χ2n) is 5.43. The second kappa shape index (κ2) is 6.64. The second-order valence-corrected chi connectivity index (χ2v) is 5.43. The lowest BCUT2D eigenvalue weighted by Crippen LogP contribution is -2.23. The van der Waals surface area contributed by atoms with Crippen molar-refractivity contribution in [3.05, 3.63) is 39.7 Å². The van der Waals surface area contributed by atoms with Crippen LogP contribution in [0.1, 0.15) is 37.8 Å². The standard InChI is InChI=1S/C17H20O5/c1-4-5-6-12-9-15(18)22-14-8-10(2)7-13(16(12)14)21-11(3)17(19)20/h7-9,11H,4-6H2,1-3H3,(H,19,20)/t11-/m1/s1. The van der Waals surface area contributed by atoms with Crippen LogP contribution in [0.4, 0.5) is 0 Å². The number of ether oxygens (including phenoxy) is 1. The maximum atomic E-state index is 11.7. The predicted octanol–water partition coefficient (Wildman–Crippen LogP) is 3.30. The van der Waals surface area contributed by atoms with Crippen LogP contribution < -0.4 is 10.4 Å². The van der Waals surface area contributed by atoms with Crippen molar-refractivity contribution >= 4 is 16.9 Å². The monoisotopic (exact) mass is 304 g/mol. The highest BCUT2D eigenvalue weighted by Gasteiger charge is 2.18. The highest BCUT2D eigenvalue weighted by atomic mass is 16.5. The fraction of sp³-hybridized carbons (Fsp3) is 0.412. The first-order chi connectivity index (χ1) is 10.4. The summed E-state index contributed by atoms with van der Waals surface area (Å²) in [5.74, 6) is -0.595. The Bertz CT molecular complexity index is 745. The van der Waals surface area contributed by atoms with E-state index in [1.165, 1.54) is 13.0 Å². The number of carboxylic acids is 1. The Kier molecular flexibility index (Phi) is 4.85. The molecule has 0 unspecified atom stereocenters. The molecule has 0 amide bonds. The molecular formula is C17H20O5. The fourth-order valence-electron chi connectivity index (χ4n) is 2.37. The summed E-state index contributed by atoms with van der Waals surface area (Å²) in [6.45, 7) is 5.39. The zero-order chi connectivity index (χ0) is 16.3. The average molecular weight is 304 g/mol. The molecule has 1 aromatic heterocycles. The summed E-state index contributed by atoms with van der Waals surface area (Å²) in [6, 6.07) is 5.01. The zero-order valence-corrected chi connectivity index (χ0v) is 13.0. The van der Waals surface area contributed by atoms with Gasteiger partial charge < -0.3 is 14.3 Å². The summed E-state index contributed by atoms with van der Waals surface area (Å²) in [4.78, 5) is 22.8. The minimum Gasteiger partial charge on any atom is -0.479 e. The molecule has 0 aliphatic carbocycles. The van der Waals surface area contributed by atoms with Gasteiger partial charge in [-0.05, 0) is 49.9 Å². The molecule has 0 aliphatic heterocycles. The quantitative estimate of drug-likeness (QED) is 0.829. The Hall–Kier alpha value is -2.30. The summed E-state index contributed by atoms with van der Waals surface area (Å²) in [7, 11) is 0. The molecule has 5 heteroatoms. The molecule has 0 radical (unpaired) electrons. The van der Waals surface area contributed by atoms with Gasteiger partial charge in [0, 0.05) is 6.07 Å². The van der Waals surface area contributed by atoms with Crippen molar-refractivity contribution in [3.63, 3.8) is 0 Å². The Morgan fingerprint density at radius 2 is 2.09 bits per heavy atom. The first-order valence-electron chi connectivity index (χ1n) is 7.39. The predicted molar refractivity (Wildman–Crippen MR) is 83.6 cm³/mol. The third kappa shape index (κ3) is 3.47. The van der Waals surface area contributed by atoms with E-state index in [9.17, 15) is 9.59 Å². The zero-order valence-electron chi connectivity index (χ0n) is 13.0. The van der Waals surface area contributed by atoms with Gasteiger partial charge in [0.15, 0.2) is 6.10 Å². The summed E-state index contributed by atoms with van der Waals surface area (Å²) in [5, 5.41) is 9.73. The summed E-state index contributed by atoms with van der Waals surface area (Å²) in [6.07, 6.45) is 1.67. The van der Waals surface area contributed by atoms with Crippen LogP contribution in [0.5, 0.6) is 5.75 Å². The Morgan fingerprint density at radius 3 is 2.73 bits per heavy atom. The number of hydrogen-bond acceptors (Lipinski definition) is 4. The van der Waals surface area contributed by atoms with Crippen LogP contribution in [-0.2, 0) is 11.2 Å². The van der Waals surface area contributed by atoms with Gasteiger partial charge in [-0.1, -0.05) is 13.3 Å². The third-order valence-electron chi connectivity index (χ3n) is 3.49. The van der Waals surface area contributed by atoms with E-state index in [1.807, 2.05) is 6.92 Å². The summed E-state index contributed by atoms with van der Waals surface area (Å²) < 4.78 is 10.8. The third-order valence-corrected chi connectivity index (χ3v) is 3.49. The largest absolute Gasteiger partial charge is 0.479 e. The molecular weight excluding hydrogens is 284 g/mol. The number of benzene rings is 1. The van der Waals surface area contributed by atoms with E-state index in [4.69, 9.17) is 14.3 Å². The topological polar surface area (TPSA) is 76.7 Å². The van der Waals surface area contributed by atoms with Gasteiger partial charge in [0.05, 0.1) is 5.39 Å². The van der Waals surface area contributed by atoms with Crippen LogP contribution in [0.25, 0.3) is 11.0 Å². The highest BCUT2D eigenvalue weighted by molar-refractivity contribution is 5.88. The minimum atomic E-state index is -1.04. The molecule has 0 saturated carbocycles. The van der Waals surface area contributed by atoms with Gasteiger partial charge in [0.2, 0.25) is 0 Å². The first kappa shape index (κ1) is 16.1. The molecule has 2 rings (SSSR count). The molecule has 0 saturated heterocycles. The van der Waals surface area contributed by atoms with Crippen molar-refractivity contribution in [3.8, 4) is 5.75 Å². The average Bonchev–Trinajstić information content (AvgIpc) is 2.43. The maximum Gasteiger partial charge on any atom is 0.344 e. The van der Waals surface area contributed by atoms with Crippen molar-refractivity contribution < 1.29 is 19.1 Å². The summed E-state index contributed by atoms with van der Waals surface area (Å²) >= 11 is 0. The van der Waals surface area contributed by atoms with Crippen molar-refractivity contribution in [2.75, 3.05) is 0 Å². The van der Waals surface area contributed by atoms with Crippen molar-refractivity contribution in [2.24, 2.45) is 0 Å². The Labute approximate surface area is 128 Å². The van der Waals surface area contributed by atoms with Crippen LogP contribution in [0.3, 0.4) is 0 Å². The number of fused-ring (bicyclic) bond motifs is 1. The van der Waals surface area contributed by atoms with Crippen molar-refractivity contribution in [1.82, 2.24) is 0 Å². The molecule has 22 heavy (non-hydrogen) atoms. The van der Waals surface area contributed by atoms with Gasteiger partial charge in [-0.2, -0.15) is 0 Å².